The Hall–Kier alpha value is -1.10. The second-order valence-electron chi connectivity index (χ2n) is 7.07. The Labute approximate surface area is 122 Å². The number of amides is 2. The van der Waals surface area contributed by atoms with Gasteiger partial charge in [-0.2, -0.15) is 0 Å². The monoisotopic (exact) mass is 283 g/mol. The molecule has 0 bridgehead atoms. The lowest BCUT2D eigenvalue weighted by atomic mass is 9.76. The normalized spacial score (nSPS) is 28.6. The zero-order chi connectivity index (χ0) is 15.5. The van der Waals surface area contributed by atoms with Gasteiger partial charge >= 0.3 is 0 Å². The first-order chi connectivity index (χ1) is 9.11. The van der Waals surface area contributed by atoms with Crippen molar-refractivity contribution in [3.05, 3.63) is 0 Å². The first-order valence-corrected chi connectivity index (χ1v) is 7.50. The standard InChI is InChI=1S/C15H29N3O2/c1-9-7-6-8-11(16)12(9)14(20)17-10(2)13(19)18-15(3,4)5/h9-12H,6-8,16H2,1-5H3,(H,17,20)(H,18,19). The van der Waals surface area contributed by atoms with Crippen LogP contribution in [0.1, 0.15) is 53.9 Å². The highest BCUT2D eigenvalue weighted by Crippen LogP contribution is 2.29. The summed E-state index contributed by atoms with van der Waals surface area (Å²) < 4.78 is 0. The Bertz CT molecular complexity index is 353. The quantitative estimate of drug-likeness (QED) is 0.727. The van der Waals surface area contributed by atoms with Crippen LogP contribution in [0.25, 0.3) is 0 Å². The van der Waals surface area contributed by atoms with Crippen LogP contribution in [0, 0.1) is 11.8 Å². The molecular weight excluding hydrogens is 254 g/mol. The number of nitrogens with two attached hydrogens (primary N) is 1. The molecule has 1 rings (SSSR count). The van der Waals surface area contributed by atoms with Gasteiger partial charge in [0.25, 0.3) is 0 Å². The molecule has 0 aromatic rings. The Balaban J connectivity index is 2.58. The minimum atomic E-state index is -0.539. The van der Waals surface area contributed by atoms with Crippen LogP contribution in [-0.2, 0) is 9.59 Å². The molecule has 1 aliphatic rings. The Morgan fingerprint density at radius 1 is 1.25 bits per heavy atom. The lowest BCUT2D eigenvalue weighted by molar-refractivity contribution is -0.133. The van der Waals surface area contributed by atoms with Crippen LogP contribution in [0.2, 0.25) is 0 Å². The van der Waals surface area contributed by atoms with E-state index in [1.807, 2.05) is 20.8 Å². The fraction of sp³-hybridized carbons (Fsp3) is 0.867. The highest BCUT2D eigenvalue weighted by atomic mass is 16.2. The molecule has 0 heterocycles. The second-order valence-corrected chi connectivity index (χ2v) is 7.07. The van der Waals surface area contributed by atoms with Crippen LogP contribution >= 0.6 is 0 Å². The van der Waals surface area contributed by atoms with Crippen LogP contribution < -0.4 is 16.4 Å². The van der Waals surface area contributed by atoms with E-state index in [1.54, 1.807) is 6.92 Å². The molecule has 5 heteroatoms. The summed E-state index contributed by atoms with van der Waals surface area (Å²) in [6.07, 6.45) is 2.98. The molecule has 0 aromatic heterocycles. The van der Waals surface area contributed by atoms with Gasteiger partial charge in [0, 0.05) is 11.6 Å². The minimum Gasteiger partial charge on any atom is -0.350 e. The van der Waals surface area contributed by atoms with E-state index in [9.17, 15) is 9.59 Å². The fourth-order valence-electron chi connectivity index (χ4n) is 2.76. The molecule has 20 heavy (non-hydrogen) atoms. The molecule has 0 aromatic carbocycles. The molecule has 4 unspecified atom stereocenters. The van der Waals surface area contributed by atoms with Crippen molar-refractivity contribution in [3.63, 3.8) is 0 Å². The van der Waals surface area contributed by atoms with E-state index in [2.05, 4.69) is 17.6 Å². The molecule has 4 atom stereocenters. The van der Waals surface area contributed by atoms with Crippen molar-refractivity contribution in [2.45, 2.75) is 71.5 Å². The maximum absolute atomic E-state index is 12.3. The highest BCUT2D eigenvalue weighted by Gasteiger charge is 2.35. The van der Waals surface area contributed by atoms with Crippen molar-refractivity contribution in [2.75, 3.05) is 0 Å². The van der Waals surface area contributed by atoms with Gasteiger partial charge in [0.1, 0.15) is 6.04 Å². The van der Waals surface area contributed by atoms with Crippen molar-refractivity contribution >= 4 is 11.8 Å². The predicted molar refractivity (Wildman–Crippen MR) is 80.0 cm³/mol. The van der Waals surface area contributed by atoms with E-state index >= 15 is 0 Å². The number of hydrogen-bond acceptors (Lipinski definition) is 3. The molecule has 0 saturated heterocycles. The third-order valence-electron chi connectivity index (χ3n) is 3.82. The third kappa shape index (κ3) is 4.78. The van der Waals surface area contributed by atoms with E-state index in [4.69, 9.17) is 5.73 Å². The van der Waals surface area contributed by atoms with Crippen molar-refractivity contribution < 1.29 is 9.59 Å². The topological polar surface area (TPSA) is 84.2 Å². The van der Waals surface area contributed by atoms with Crippen LogP contribution in [-0.4, -0.2) is 29.4 Å². The average molecular weight is 283 g/mol. The van der Waals surface area contributed by atoms with E-state index < -0.39 is 6.04 Å². The maximum Gasteiger partial charge on any atom is 0.242 e. The van der Waals surface area contributed by atoms with Crippen LogP contribution in [0.4, 0.5) is 0 Å². The van der Waals surface area contributed by atoms with E-state index in [0.717, 1.165) is 19.3 Å². The van der Waals surface area contributed by atoms with Gasteiger partial charge in [-0.3, -0.25) is 9.59 Å². The van der Waals surface area contributed by atoms with Crippen LogP contribution in [0.15, 0.2) is 0 Å². The summed E-state index contributed by atoms with van der Waals surface area (Å²) in [7, 11) is 0. The zero-order valence-electron chi connectivity index (χ0n) is 13.3. The molecule has 1 aliphatic carbocycles. The molecule has 2 amide bonds. The number of hydrogen-bond donors (Lipinski definition) is 3. The Kier molecular flexibility index (Phi) is 5.57. The minimum absolute atomic E-state index is 0.0961. The Morgan fingerprint density at radius 3 is 2.35 bits per heavy atom. The van der Waals surface area contributed by atoms with Gasteiger partial charge in [-0.15, -0.1) is 0 Å². The molecule has 1 fully saturated rings. The number of rotatable bonds is 3. The van der Waals surface area contributed by atoms with Crippen molar-refractivity contribution in [1.82, 2.24) is 10.6 Å². The smallest absolute Gasteiger partial charge is 0.242 e. The number of nitrogens with one attached hydrogen (secondary N) is 2. The highest BCUT2D eigenvalue weighted by molar-refractivity contribution is 5.88. The van der Waals surface area contributed by atoms with Gasteiger partial charge in [-0.1, -0.05) is 13.3 Å². The Morgan fingerprint density at radius 2 is 1.85 bits per heavy atom. The largest absolute Gasteiger partial charge is 0.350 e. The lowest BCUT2D eigenvalue weighted by Gasteiger charge is -2.34. The van der Waals surface area contributed by atoms with Crippen molar-refractivity contribution in [1.29, 1.82) is 0 Å². The molecule has 0 radical (unpaired) electrons. The van der Waals surface area contributed by atoms with E-state index in [0.29, 0.717) is 0 Å². The summed E-state index contributed by atoms with van der Waals surface area (Å²) in [5, 5.41) is 5.67. The molecular formula is C15H29N3O2. The maximum atomic E-state index is 12.3. The molecule has 116 valence electrons. The van der Waals surface area contributed by atoms with Gasteiger partial charge in [0.2, 0.25) is 11.8 Å². The van der Waals surface area contributed by atoms with Gasteiger partial charge in [0.05, 0.1) is 5.92 Å². The lowest BCUT2D eigenvalue weighted by Crippen LogP contribution is -2.54. The summed E-state index contributed by atoms with van der Waals surface area (Å²) in [4.78, 5) is 24.3. The summed E-state index contributed by atoms with van der Waals surface area (Å²) in [6.45, 7) is 9.51. The van der Waals surface area contributed by atoms with E-state index in [1.165, 1.54) is 0 Å². The van der Waals surface area contributed by atoms with Crippen LogP contribution in [0.3, 0.4) is 0 Å². The molecule has 4 N–H and O–H groups in total. The molecule has 1 saturated carbocycles. The second kappa shape index (κ2) is 6.57. The average Bonchev–Trinajstić information content (AvgIpc) is 2.26. The summed E-state index contributed by atoms with van der Waals surface area (Å²) in [5.41, 5.74) is 5.76. The zero-order valence-corrected chi connectivity index (χ0v) is 13.3. The van der Waals surface area contributed by atoms with Gasteiger partial charge in [-0.25, -0.2) is 0 Å². The van der Waals surface area contributed by atoms with Gasteiger partial charge < -0.3 is 16.4 Å². The fourth-order valence-corrected chi connectivity index (χ4v) is 2.76. The van der Waals surface area contributed by atoms with Crippen LogP contribution in [0.5, 0.6) is 0 Å². The number of carbonyl (C=O) groups excluding carboxylic acids is 2. The van der Waals surface area contributed by atoms with Crippen molar-refractivity contribution in [3.8, 4) is 0 Å². The molecule has 5 nitrogen and oxygen atoms in total. The molecule has 0 aliphatic heterocycles. The first-order valence-electron chi connectivity index (χ1n) is 7.50. The van der Waals surface area contributed by atoms with Crippen molar-refractivity contribution in [2.24, 2.45) is 17.6 Å². The predicted octanol–water partition coefficient (Wildman–Crippen LogP) is 1.17. The number of carbonyl (C=O) groups is 2. The first kappa shape index (κ1) is 17.0. The van der Waals surface area contributed by atoms with Gasteiger partial charge in [-0.05, 0) is 46.5 Å². The van der Waals surface area contributed by atoms with Gasteiger partial charge in [0.15, 0.2) is 0 Å². The summed E-state index contributed by atoms with van der Waals surface area (Å²) in [6, 6.07) is -0.639. The SMILES string of the molecule is CC(NC(=O)C1C(C)CCCC1N)C(=O)NC(C)(C)C. The van der Waals surface area contributed by atoms with E-state index in [-0.39, 0.29) is 35.2 Å². The third-order valence-corrected chi connectivity index (χ3v) is 3.82. The molecule has 0 spiro atoms. The summed E-state index contributed by atoms with van der Waals surface area (Å²) >= 11 is 0. The summed E-state index contributed by atoms with van der Waals surface area (Å²) in [5.74, 6) is -0.172.